The standard InChI is InChI=1S/C15H29N/c1-5-6-7-15(16-4)14-10-8-13(9-11-14)12(2)3/h5,12-16H,1,6-11H2,2-4H3. The Kier molecular flexibility index (Phi) is 6.12. The third kappa shape index (κ3) is 3.93. The first-order chi connectivity index (χ1) is 7.69. The maximum absolute atomic E-state index is 3.82. The average molecular weight is 223 g/mol. The lowest BCUT2D eigenvalue weighted by atomic mass is 9.74. The summed E-state index contributed by atoms with van der Waals surface area (Å²) < 4.78 is 0. The highest BCUT2D eigenvalue weighted by Crippen LogP contribution is 2.35. The molecule has 0 heterocycles. The molecule has 1 heteroatoms. The molecule has 0 amide bonds. The molecule has 94 valence electrons. The van der Waals surface area contributed by atoms with Crippen molar-refractivity contribution >= 4 is 0 Å². The van der Waals surface area contributed by atoms with Crippen molar-refractivity contribution in [3.05, 3.63) is 12.7 Å². The minimum Gasteiger partial charge on any atom is -0.317 e. The highest BCUT2D eigenvalue weighted by Gasteiger charge is 2.27. The van der Waals surface area contributed by atoms with Crippen LogP contribution < -0.4 is 5.32 Å². The van der Waals surface area contributed by atoms with Crippen LogP contribution in [0, 0.1) is 17.8 Å². The van der Waals surface area contributed by atoms with Crippen molar-refractivity contribution in [2.45, 2.75) is 58.4 Å². The van der Waals surface area contributed by atoms with Crippen LogP contribution in [0.5, 0.6) is 0 Å². The minimum atomic E-state index is 0.714. The summed E-state index contributed by atoms with van der Waals surface area (Å²) in [6, 6.07) is 0.714. The van der Waals surface area contributed by atoms with Crippen LogP contribution in [0.15, 0.2) is 12.7 Å². The lowest BCUT2D eigenvalue weighted by molar-refractivity contribution is 0.188. The van der Waals surface area contributed by atoms with Crippen LogP contribution in [-0.2, 0) is 0 Å². The van der Waals surface area contributed by atoms with Gasteiger partial charge in [-0.05, 0) is 63.3 Å². The van der Waals surface area contributed by atoms with E-state index in [1.807, 2.05) is 6.08 Å². The van der Waals surface area contributed by atoms with E-state index in [1.165, 1.54) is 32.1 Å². The third-order valence-electron chi connectivity index (χ3n) is 4.38. The first kappa shape index (κ1) is 13.8. The molecule has 0 spiro atoms. The SMILES string of the molecule is C=CCCC(NC)C1CCC(C(C)C)CC1. The van der Waals surface area contributed by atoms with Crippen molar-refractivity contribution < 1.29 is 0 Å². The summed E-state index contributed by atoms with van der Waals surface area (Å²) in [5.41, 5.74) is 0. The lowest BCUT2D eigenvalue weighted by Gasteiger charge is -2.35. The van der Waals surface area contributed by atoms with Gasteiger partial charge in [-0.1, -0.05) is 19.9 Å². The van der Waals surface area contributed by atoms with E-state index in [4.69, 9.17) is 0 Å². The molecule has 1 rings (SSSR count). The molecule has 0 aliphatic heterocycles. The molecule has 1 N–H and O–H groups in total. The fourth-order valence-corrected chi connectivity index (χ4v) is 3.13. The monoisotopic (exact) mass is 223 g/mol. The summed E-state index contributed by atoms with van der Waals surface area (Å²) in [7, 11) is 2.11. The summed E-state index contributed by atoms with van der Waals surface area (Å²) >= 11 is 0. The van der Waals surface area contributed by atoms with E-state index in [2.05, 4.69) is 32.8 Å². The Morgan fingerprint density at radius 3 is 2.19 bits per heavy atom. The molecule has 0 aromatic carbocycles. The lowest BCUT2D eigenvalue weighted by Crippen LogP contribution is -2.36. The van der Waals surface area contributed by atoms with E-state index in [0.29, 0.717) is 6.04 Å². The van der Waals surface area contributed by atoms with Crippen molar-refractivity contribution in [1.29, 1.82) is 0 Å². The molecule has 16 heavy (non-hydrogen) atoms. The second kappa shape index (κ2) is 7.11. The molecule has 0 bridgehead atoms. The van der Waals surface area contributed by atoms with E-state index in [0.717, 1.165) is 24.2 Å². The first-order valence-corrected chi connectivity index (χ1v) is 6.97. The number of hydrogen-bond acceptors (Lipinski definition) is 1. The van der Waals surface area contributed by atoms with Crippen LogP contribution in [0.3, 0.4) is 0 Å². The Morgan fingerprint density at radius 1 is 1.19 bits per heavy atom. The second-order valence-electron chi connectivity index (χ2n) is 5.68. The van der Waals surface area contributed by atoms with Gasteiger partial charge in [0.25, 0.3) is 0 Å². The average Bonchev–Trinajstić information content (AvgIpc) is 2.30. The molecule has 1 fully saturated rings. The number of allylic oxidation sites excluding steroid dienone is 1. The van der Waals surface area contributed by atoms with Crippen molar-refractivity contribution in [2.24, 2.45) is 17.8 Å². The quantitative estimate of drug-likeness (QED) is 0.671. The van der Waals surface area contributed by atoms with E-state index in [-0.39, 0.29) is 0 Å². The van der Waals surface area contributed by atoms with Gasteiger partial charge in [0.05, 0.1) is 0 Å². The van der Waals surface area contributed by atoms with Crippen LogP contribution >= 0.6 is 0 Å². The molecule has 1 atom stereocenters. The summed E-state index contributed by atoms with van der Waals surface area (Å²) in [5.74, 6) is 2.76. The molecule has 1 saturated carbocycles. The molecule has 0 aromatic heterocycles. The highest BCUT2D eigenvalue weighted by atomic mass is 14.9. The van der Waals surface area contributed by atoms with Crippen LogP contribution in [0.2, 0.25) is 0 Å². The fraction of sp³-hybridized carbons (Fsp3) is 0.867. The highest BCUT2D eigenvalue weighted by molar-refractivity contribution is 4.83. The molecule has 1 nitrogen and oxygen atoms in total. The Morgan fingerprint density at radius 2 is 1.75 bits per heavy atom. The summed E-state index contributed by atoms with van der Waals surface area (Å²) in [4.78, 5) is 0. The second-order valence-corrected chi connectivity index (χ2v) is 5.68. The van der Waals surface area contributed by atoms with Gasteiger partial charge in [0, 0.05) is 6.04 Å². The summed E-state index contributed by atoms with van der Waals surface area (Å²) in [6.45, 7) is 8.57. The number of nitrogens with one attached hydrogen (secondary N) is 1. The smallest absolute Gasteiger partial charge is 0.00952 e. The molecule has 0 radical (unpaired) electrons. The van der Waals surface area contributed by atoms with Crippen molar-refractivity contribution in [1.82, 2.24) is 5.32 Å². The normalized spacial score (nSPS) is 28.0. The van der Waals surface area contributed by atoms with Gasteiger partial charge in [-0.2, -0.15) is 0 Å². The van der Waals surface area contributed by atoms with Crippen LogP contribution in [0.4, 0.5) is 0 Å². The van der Waals surface area contributed by atoms with Gasteiger partial charge < -0.3 is 5.32 Å². The predicted molar refractivity (Wildman–Crippen MR) is 72.6 cm³/mol. The fourth-order valence-electron chi connectivity index (χ4n) is 3.13. The zero-order valence-electron chi connectivity index (χ0n) is 11.3. The van der Waals surface area contributed by atoms with Crippen LogP contribution in [-0.4, -0.2) is 13.1 Å². The molecular formula is C15H29N. The van der Waals surface area contributed by atoms with Crippen molar-refractivity contribution in [3.8, 4) is 0 Å². The van der Waals surface area contributed by atoms with Gasteiger partial charge in [-0.25, -0.2) is 0 Å². The van der Waals surface area contributed by atoms with Gasteiger partial charge in [-0.3, -0.25) is 0 Å². The van der Waals surface area contributed by atoms with Gasteiger partial charge in [-0.15, -0.1) is 6.58 Å². The Balaban J connectivity index is 2.35. The van der Waals surface area contributed by atoms with Gasteiger partial charge >= 0.3 is 0 Å². The Hall–Kier alpha value is -0.300. The largest absolute Gasteiger partial charge is 0.317 e. The van der Waals surface area contributed by atoms with E-state index < -0.39 is 0 Å². The Bertz CT molecular complexity index is 190. The number of hydrogen-bond donors (Lipinski definition) is 1. The summed E-state index contributed by atoms with van der Waals surface area (Å²) in [6.07, 6.45) is 10.2. The molecule has 1 aliphatic carbocycles. The molecule has 1 aliphatic rings. The maximum atomic E-state index is 3.82. The maximum Gasteiger partial charge on any atom is 0.00952 e. The molecule has 0 aromatic rings. The van der Waals surface area contributed by atoms with Gasteiger partial charge in [0.15, 0.2) is 0 Å². The molecule has 0 saturated heterocycles. The van der Waals surface area contributed by atoms with E-state index >= 15 is 0 Å². The van der Waals surface area contributed by atoms with Crippen molar-refractivity contribution in [2.75, 3.05) is 7.05 Å². The van der Waals surface area contributed by atoms with E-state index in [1.54, 1.807) is 0 Å². The molecular weight excluding hydrogens is 194 g/mol. The number of rotatable bonds is 6. The zero-order valence-corrected chi connectivity index (χ0v) is 11.3. The predicted octanol–water partition coefficient (Wildman–Crippen LogP) is 4.00. The van der Waals surface area contributed by atoms with E-state index in [9.17, 15) is 0 Å². The summed E-state index contributed by atoms with van der Waals surface area (Å²) in [5, 5.41) is 3.50. The van der Waals surface area contributed by atoms with Crippen LogP contribution in [0.1, 0.15) is 52.4 Å². The zero-order chi connectivity index (χ0) is 12.0. The van der Waals surface area contributed by atoms with Gasteiger partial charge in [0.2, 0.25) is 0 Å². The topological polar surface area (TPSA) is 12.0 Å². The molecule has 1 unspecified atom stereocenters. The van der Waals surface area contributed by atoms with Crippen molar-refractivity contribution in [3.63, 3.8) is 0 Å². The minimum absolute atomic E-state index is 0.714. The Labute approximate surface area is 102 Å². The third-order valence-corrected chi connectivity index (χ3v) is 4.38. The van der Waals surface area contributed by atoms with Gasteiger partial charge in [0.1, 0.15) is 0 Å². The first-order valence-electron chi connectivity index (χ1n) is 6.97. The van der Waals surface area contributed by atoms with Crippen LogP contribution in [0.25, 0.3) is 0 Å².